The first-order valence-corrected chi connectivity index (χ1v) is 6.38. The van der Waals surface area contributed by atoms with Gasteiger partial charge < -0.3 is 5.32 Å². The summed E-state index contributed by atoms with van der Waals surface area (Å²) in [5.41, 5.74) is 1.87. The van der Waals surface area contributed by atoms with E-state index in [1.165, 1.54) is 6.07 Å². The van der Waals surface area contributed by atoms with Crippen LogP contribution >= 0.6 is 11.6 Å². The van der Waals surface area contributed by atoms with Gasteiger partial charge in [-0.15, -0.1) is 0 Å². The predicted molar refractivity (Wildman–Crippen MR) is 73.7 cm³/mol. The molecule has 1 heterocycles. The minimum atomic E-state index is -0.399. The minimum Gasteiger partial charge on any atom is -0.311 e. The van der Waals surface area contributed by atoms with Crippen molar-refractivity contribution in [2.45, 2.75) is 19.4 Å². The van der Waals surface area contributed by atoms with Gasteiger partial charge in [-0.1, -0.05) is 17.7 Å². The predicted octanol–water partition coefficient (Wildman–Crippen LogP) is 3.08. The highest BCUT2D eigenvalue weighted by Crippen LogP contribution is 2.21. The molecule has 1 atom stereocenters. The lowest BCUT2D eigenvalue weighted by Crippen LogP contribution is -2.20. The summed E-state index contributed by atoms with van der Waals surface area (Å²) in [7, 11) is 1.87. The van der Waals surface area contributed by atoms with Crippen LogP contribution in [0.3, 0.4) is 0 Å². The van der Waals surface area contributed by atoms with Gasteiger partial charge in [0.2, 0.25) is 0 Å². The van der Waals surface area contributed by atoms with Crippen LogP contribution in [0.5, 0.6) is 0 Å². The highest BCUT2D eigenvalue weighted by atomic mass is 35.5. The molecule has 1 unspecified atom stereocenters. The summed E-state index contributed by atoms with van der Waals surface area (Å²) in [6.07, 6.45) is 2.42. The average molecular weight is 280 g/mol. The van der Waals surface area contributed by atoms with Crippen molar-refractivity contribution >= 4 is 11.6 Å². The molecule has 3 nitrogen and oxygen atoms in total. The lowest BCUT2D eigenvalue weighted by atomic mass is 10.0. The summed E-state index contributed by atoms with van der Waals surface area (Å²) in [6, 6.07) is 6.69. The fourth-order valence-electron chi connectivity index (χ4n) is 1.93. The maximum atomic E-state index is 13.1. The molecule has 1 aromatic carbocycles. The molecule has 0 radical (unpaired) electrons. The normalized spacial score (nSPS) is 12.4. The van der Waals surface area contributed by atoms with Crippen LogP contribution in [0.25, 0.3) is 0 Å². The monoisotopic (exact) mass is 279 g/mol. The zero-order valence-electron chi connectivity index (χ0n) is 10.8. The Labute approximate surface area is 116 Å². The molecule has 0 saturated heterocycles. The van der Waals surface area contributed by atoms with Gasteiger partial charge in [0.25, 0.3) is 0 Å². The number of benzene rings is 1. The third-order valence-electron chi connectivity index (χ3n) is 2.93. The number of hydrogen-bond acceptors (Lipinski definition) is 3. The summed E-state index contributed by atoms with van der Waals surface area (Å²) < 4.78 is 13.1. The average Bonchev–Trinajstić information content (AvgIpc) is 2.40. The maximum Gasteiger partial charge on any atom is 0.141 e. The maximum absolute atomic E-state index is 13.1. The van der Waals surface area contributed by atoms with Gasteiger partial charge in [-0.3, -0.25) is 0 Å². The molecule has 2 aromatic rings. The van der Waals surface area contributed by atoms with E-state index in [1.807, 2.05) is 20.0 Å². The van der Waals surface area contributed by atoms with E-state index in [0.29, 0.717) is 6.42 Å². The van der Waals surface area contributed by atoms with Crippen LogP contribution in [0.4, 0.5) is 4.39 Å². The molecule has 19 heavy (non-hydrogen) atoms. The molecule has 100 valence electrons. The first-order chi connectivity index (χ1) is 9.10. The van der Waals surface area contributed by atoms with Crippen LogP contribution in [0.15, 0.2) is 30.5 Å². The number of hydrogen-bond donors (Lipinski definition) is 1. The van der Waals surface area contributed by atoms with E-state index in [4.69, 9.17) is 11.6 Å². The molecular formula is C14H15ClFN3. The van der Waals surface area contributed by atoms with Crippen molar-refractivity contribution in [3.8, 4) is 0 Å². The number of aromatic nitrogens is 2. The topological polar surface area (TPSA) is 37.8 Å². The second-order valence-corrected chi connectivity index (χ2v) is 4.73. The van der Waals surface area contributed by atoms with Crippen molar-refractivity contribution in [3.63, 3.8) is 0 Å². The summed E-state index contributed by atoms with van der Waals surface area (Å²) in [6.45, 7) is 1.85. The fourth-order valence-corrected chi connectivity index (χ4v) is 2.13. The molecule has 1 N–H and O–H groups in total. The van der Waals surface area contributed by atoms with Gasteiger partial charge in [0, 0.05) is 6.20 Å². The molecule has 0 saturated carbocycles. The van der Waals surface area contributed by atoms with Gasteiger partial charge >= 0.3 is 0 Å². The van der Waals surface area contributed by atoms with Crippen molar-refractivity contribution < 1.29 is 4.39 Å². The van der Waals surface area contributed by atoms with Gasteiger partial charge in [0.05, 0.1) is 16.8 Å². The minimum absolute atomic E-state index is 0.0447. The summed E-state index contributed by atoms with van der Waals surface area (Å²) in [5, 5.41) is 3.35. The fraction of sp³-hybridized carbons (Fsp3) is 0.286. The second-order valence-electron chi connectivity index (χ2n) is 4.32. The highest BCUT2D eigenvalue weighted by Gasteiger charge is 2.13. The Bertz CT molecular complexity index is 574. The second kappa shape index (κ2) is 6.08. The SMILES string of the molecule is CNC(Cc1ccc(F)c(Cl)c1)c1ccnc(C)n1. The first-order valence-electron chi connectivity index (χ1n) is 6.01. The van der Waals surface area contributed by atoms with E-state index in [2.05, 4.69) is 15.3 Å². The van der Waals surface area contributed by atoms with Gasteiger partial charge in [-0.25, -0.2) is 14.4 Å². The Hall–Kier alpha value is -1.52. The van der Waals surface area contributed by atoms with Crippen molar-refractivity contribution in [1.82, 2.24) is 15.3 Å². The third kappa shape index (κ3) is 3.49. The van der Waals surface area contributed by atoms with Crippen LogP contribution in [-0.2, 0) is 6.42 Å². The number of nitrogens with one attached hydrogen (secondary N) is 1. The van der Waals surface area contributed by atoms with Crippen LogP contribution in [0.1, 0.15) is 23.1 Å². The van der Waals surface area contributed by atoms with E-state index < -0.39 is 5.82 Å². The van der Waals surface area contributed by atoms with Crippen molar-refractivity contribution in [3.05, 3.63) is 58.4 Å². The van der Waals surface area contributed by atoms with E-state index >= 15 is 0 Å². The zero-order chi connectivity index (χ0) is 13.8. The number of halogens is 2. The van der Waals surface area contributed by atoms with Gasteiger partial charge in [0.1, 0.15) is 11.6 Å². The van der Waals surface area contributed by atoms with Crippen molar-refractivity contribution in [2.75, 3.05) is 7.05 Å². The van der Waals surface area contributed by atoms with Crippen LogP contribution in [0, 0.1) is 12.7 Å². The molecule has 5 heteroatoms. The lowest BCUT2D eigenvalue weighted by molar-refractivity contribution is 0.570. The molecule has 0 aliphatic carbocycles. The van der Waals surface area contributed by atoms with Crippen molar-refractivity contribution in [1.29, 1.82) is 0 Å². The van der Waals surface area contributed by atoms with Crippen molar-refractivity contribution in [2.24, 2.45) is 0 Å². The van der Waals surface area contributed by atoms with E-state index in [1.54, 1.807) is 18.3 Å². The molecule has 0 bridgehead atoms. The van der Waals surface area contributed by atoms with Gasteiger partial charge in [-0.05, 0) is 44.2 Å². The Balaban J connectivity index is 2.21. The standard InChI is InChI=1S/C14H15ClFN3/c1-9-18-6-5-13(19-9)14(17-2)8-10-3-4-12(16)11(15)7-10/h3-7,14,17H,8H2,1-2H3. The molecule has 0 aliphatic heterocycles. The van der Waals surface area contributed by atoms with Crippen LogP contribution in [-0.4, -0.2) is 17.0 Å². The molecular weight excluding hydrogens is 265 g/mol. The van der Waals surface area contributed by atoms with E-state index in [-0.39, 0.29) is 11.1 Å². The largest absolute Gasteiger partial charge is 0.311 e. The third-order valence-corrected chi connectivity index (χ3v) is 3.22. The summed E-state index contributed by atoms with van der Waals surface area (Å²) in [5.74, 6) is 0.333. The van der Waals surface area contributed by atoms with Gasteiger partial charge in [-0.2, -0.15) is 0 Å². The molecule has 0 amide bonds. The molecule has 0 aliphatic rings. The molecule has 1 aromatic heterocycles. The highest BCUT2D eigenvalue weighted by molar-refractivity contribution is 6.30. The number of aryl methyl sites for hydroxylation is 1. The van der Waals surface area contributed by atoms with E-state index in [0.717, 1.165) is 17.1 Å². The summed E-state index contributed by atoms with van der Waals surface area (Å²) in [4.78, 5) is 8.48. The zero-order valence-corrected chi connectivity index (χ0v) is 11.6. The van der Waals surface area contributed by atoms with Crippen LogP contribution < -0.4 is 5.32 Å². The Kier molecular flexibility index (Phi) is 4.45. The number of nitrogens with zero attached hydrogens (tertiary/aromatic N) is 2. The first kappa shape index (κ1) is 13.9. The smallest absolute Gasteiger partial charge is 0.141 e. The van der Waals surface area contributed by atoms with E-state index in [9.17, 15) is 4.39 Å². The molecule has 2 rings (SSSR count). The Morgan fingerprint density at radius 3 is 2.79 bits per heavy atom. The number of rotatable bonds is 4. The lowest BCUT2D eigenvalue weighted by Gasteiger charge is -2.16. The Morgan fingerprint density at radius 1 is 1.37 bits per heavy atom. The molecule has 0 spiro atoms. The van der Waals surface area contributed by atoms with Gasteiger partial charge in [0.15, 0.2) is 0 Å². The quantitative estimate of drug-likeness (QED) is 0.935. The molecule has 0 fully saturated rings. The van der Waals surface area contributed by atoms with Crippen LogP contribution in [0.2, 0.25) is 5.02 Å². The Morgan fingerprint density at radius 2 is 2.16 bits per heavy atom. The summed E-state index contributed by atoms with van der Waals surface area (Å²) >= 11 is 5.79. The number of likely N-dealkylation sites (N-methyl/N-ethyl adjacent to an activating group) is 1.